The molecule has 0 aliphatic rings. The topological polar surface area (TPSA) is 37.3 Å². The summed E-state index contributed by atoms with van der Waals surface area (Å²) in [6.45, 7) is 0. The normalized spacial score (nSPS) is 12.2. The molecule has 0 amide bonds. The van der Waals surface area contributed by atoms with Crippen LogP contribution in [-0.2, 0) is 11.2 Å². The quantitative estimate of drug-likeness (QED) is 0.151. The first-order valence-electron chi connectivity index (χ1n) is 17.1. The first kappa shape index (κ1) is 27.4. The van der Waals surface area contributed by atoms with Gasteiger partial charge in [0.1, 0.15) is 0 Å². The highest BCUT2D eigenvalue weighted by molar-refractivity contribution is 6.18. The van der Waals surface area contributed by atoms with Crippen molar-refractivity contribution in [1.29, 1.82) is 0 Å². The Morgan fingerprint density at radius 3 is 1.02 bits per heavy atom. The molecule has 11 rings (SSSR count). The average molecular weight is 637 g/mol. The lowest BCUT2D eigenvalue weighted by Gasteiger charge is -2.12. The lowest BCUT2D eigenvalue weighted by Crippen LogP contribution is -2.00. The van der Waals surface area contributed by atoms with Gasteiger partial charge in [-0.1, -0.05) is 54.6 Å². The molecule has 0 aliphatic heterocycles. The SMILES string of the molecule is O=C(O)Cc1cccc2cc3cc4cc5cc6c(ccc7cc8cc9cc%10cc%11ccccc%11cc%10cc9cc8cc76)cc5cc4cc3cc12. The van der Waals surface area contributed by atoms with Gasteiger partial charge in [-0.2, -0.15) is 0 Å². The van der Waals surface area contributed by atoms with Crippen molar-refractivity contribution in [2.75, 3.05) is 0 Å². The molecule has 0 fully saturated rings. The van der Waals surface area contributed by atoms with Crippen LogP contribution >= 0.6 is 0 Å². The van der Waals surface area contributed by atoms with Gasteiger partial charge in [0.05, 0.1) is 6.42 Å². The third-order valence-corrected chi connectivity index (χ3v) is 10.9. The highest BCUT2D eigenvalue weighted by Gasteiger charge is 2.11. The minimum absolute atomic E-state index is 0.0179. The third-order valence-electron chi connectivity index (χ3n) is 10.9. The lowest BCUT2D eigenvalue weighted by atomic mass is 9.92. The average Bonchev–Trinajstić information content (AvgIpc) is 3.11. The maximum atomic E-state index is 11.5. The van der Waals surface area contributed by atoms with Gasteiger partial charge in [-0.15, -0.1) is 0 Å². The zero-order valence-corrected chi connectivity index (χ0v) is 27.0. The Kier molecular flexibility index (Phi) is 5.49. The van der Waals surface area contributed by atoms with Crippen molar-refractivity contribution >= 4 is 114 Å². The van der Waals surface area contributed by atoms with Crippen molar-refractivity contribution in [3.05, 3.63) is 157 Å². The zero-order chi connectivity index (χ0) is 33.1. The fourth-order valence-electron chi connectivity index (χ4n) is 8.41. The molecule has 2 nitrogen and oxygen atoms in total. The number of fused-ring (bicyclic) bond motifs is 11. The largest absolute Gasteiger partial charge is 0.481 e. The standard InChI is InChI=1S/C48H28O2/c49-48(50)26-30-7-3-6-29-12-35-17-41-22-44-25-47-32(14-37(44)19-40(41)20-42(35)23-45(29)30)9-8-31-13-36-18-38-15-33-10-27-4-1-2-5-28(27)11-34(33)16-39(38)21-43(36)24-46(31)47/h1-25H,26H2,(H,49,50). The Morgan fingerprint density at radius 1 is 0.320 bits per heavy atom. The van der Waals surface area contributed by atoms with Crippen molar-refractivity contribution in [1.82, 2.24) is 0 Å². The summed E-state index contributed by atoms with van der Waals surface area (Å²) >= 11 is 0. The number of carbonyl (C=O) groups is 1. The highest BCUT2D eigenvalue weighted by atomic mass is 16.4. The molecular formula is C48H28O2. The Morgan fingerprint density at radius 2 is 0.620 bits per heavy atom. The second-order valence-corrected chi connectivity index (χ2v) is 14.0. The van der Waals surface area contributed by atoms with Crippen LogP contribution in [0.2, 0.25) is 0 Å². The van der Waals surface area contributed by atoms with Crippen LogP contribution in [-0.4, -0.2) is 11.1 Å². The fraction of sp³-hybridized carbons (Fsp3) is 0.0208. The van der Waals surface area contributed by atoms with E-state index in [0.717, 1.165) is 27.1 Å². The second-order valence-electron chi connectivity index (χ2n) is 14.0. The molecule has 0 bridgehead atoms. The van der Waals surface area contributed by atoms with E-state index in [9.17, 15) is 9.90 Å². The fourth-order valence-corrected chi connectivity index (χ4v) is 8.41. The molecule has 0 atom stereocenters. The van der Waals surface area contributed by atoms with Crippen molar-refractivity contribution in [2.24, 2.45) is 0 Å². The molecule has 0 aliphatic carbocycles. The van der Waals surface area contributed by atoms with E-state index in [0.29, 0.717) is 0 Å². The molecular weight excluding hydrogens is 609 g/mol. The molecule has 50 heavy (non-hydrogen) atoms. The molecule has 2 heteroatoms. The van der Waals surface area contributed by atoms with E-state index >= 15 is 0 Å². The molecule has 1 N–H and O–H groups in total. The Bertz CT molecular complexity index is 3320. The predicted molar refractivity (Wildman–Crippen MR) is 213 cm³/mol. The van der Waals surface area contributed by atoms with Crippen LogP contribution in [0.5, 0.6) is 0 Å². The van der Waals surface area contributed by atoms with Crippen LogP contribution in [0.25, 0.3) is 108 Å². The summed E-state index contributed by atoms with van der Waals surface area (Å²) in [5.74, 6) is -0.813. The lowest BCUT2D eigenvalue weighted by molar-refractivity contribution is -0.136. The molecule has 0 unspecified atom stereocenters. The Labute approximate surface area is 286 Å². The number of rotatable bonds is 2. The second kappa shape index (κ2) is 10.0. The molecule has 0 radical (unpaired) electrons. The minimum Gasteiger partial charge on any atom is -0.481 e. The smallest absolute Gasteiger partial charge is 0.307 e. The van der Waals surface area contributed by atoms with E-state index in [2.05, 4.69) is 140 Å². The molecule has 232 valence electrons. The first-order chi connectivity index (χ1) is 24.5. The summed E-state index contributed by atoms with van der Waals surface area (Å²) in [7, 11) is 0. The maximum Gasteiger partial charge on any atom is 0.307 e. The number of hydrogen-bond acceptors (Lipinski definition) is 1. The van der Waals surface area contributed by atoms with Crippen LogP contribution < -0.4 is 0 Å². The van der Waals surface area contributed by atoms with Gasteiger partial charge >= 0.3 is 5.97 Å². The van der Waals surface area contributed by atoms with Gasteiger partial charge in [-0.3, -0.25) is 4.79 Å². The minimum atomic E-state index is -0.813. The van der Waals surface area contributed by atoms with Crippen LogP contribution in [0.4, 0.5) is 0 Å². The summed E-state index contributed by atoms with van der Waals surface area (Å²) in [5.41, 5.74) is 0.845. The summed E-state index contributed by atoms with van der Waals surface area (Å²) in [6.07, 6.45) is 0.0179. The van der Waals surface area contributed by atoms with E-state index in [1.54, 1.807) is 0 Å². The predicted octanol–water partition coefficient (Wildman–Crippen LogP) is 12.8. The Hall–Kier alpha value is -6.51. The molecule has 0 saturated carbocycles. The van der Waals surface area contributed by atoms with E-state index < -0.39 is 5.97 Å². The number of hydrogen-bond donors (Lipinski definition) is 1. The molecule has 0 heterocycles. The van der Waals surface area contributed by atoms with Crippen molar-refractivity contribution in [2.45, 2.75) is 6.42 Å². The van der Waals surface area contributed by atoms with Crippen LogP contribution in [0.15, 0.2) is 152 Å². The summed E-state index contributed by atoms with van der Waals surface area (Å²) < 4.78 is 0. The molecule has 0 saturated heterocycles. The number of aliphatic carboxylic acids is 1. The number of benzene rings is 11. The van der Waals surface area contributed by atoms with Crippen molar-refractivity contribution in [3.63, 3.8) is 0 Å². The van der Waals surface area contributed by atoms with E-state index in [1.165, 1.54) is 86.2 Å². The Balaban J connectivity index is 1.09. The number of carboxylic acid groups (broad SMARTS) is 1. The van der Waals surface area contributed by atoms with Gasteiger partial charge in [-0.25, -0.2) is 0 Å². The summed E-state index contributed by atoms with van der Waals surface area (Å²) in [5, 5.41) is 33.7. The molecule has 0 spiro atoms. The number of carboxylic acids is 1. The van der Waals surface area contributed by atoms with Gasteiger partial charge in [-0.05, 0) is 210 Å². The van der Waals surface area contributed by atoms with Crippen LogP contribution in [0.3, 0.4) is 0 Å². The first-order valence-corrected chi connectivity index (χ1v) is 17.1. The molecule has 0 aromatic heterocycles. The third kappa shape index (κ3) is 4.18. The van der Waals surface area contributed by atoms with Crippen LogP contribution in [0.1, 0.15) is 5.56 Å². The van der Waals surface area contributed by atoms with Gasteiger partial charge in [0.25, 0.3) is 0 Å². The van der Waals surface area contributed by atoms with E-state index in [-0.39, 0.29) is 6.42 Å². The monoisotopic (exact) mass is 636 g/mol. The maximum absolute atomic E-state index is 11.5. The highest BCUT2D eigenvalue weighted by Crippen LogP contribution is 2.37. The van der Waals surface area contributed by atoms with Gasteiger partial charge in [0, 0.05) is 0 Å². The van der Waals surface area contributed by atoms with Gasteiger partial charge < -0.3 is 5.11 Å². The summed E-state index contributed by atoms with van der Waals surface area (Å²) in [6, 6.07) is 55.9. The van der Waals surface area contributed by atoms with E-state index in [1.807, 2.05) is 12.1 Å². The van der Waals surface area contributed by atoms with Gasteiger partial charge in [0.2, 0.25) is 0 Å². The summed E-state index contributed by atoms with van der Waals surface area (Å²) in [4.78, 5) is 11.5. The molecule has 11 aromatic rings. The van der Waals surface area contributed by atoms with Crippen molar-refractivity contribution < 1.29 is 9.90 Å². The molecule has 11 aromatic carbocycles. The zero-order valence-electron chi connectivity index (χ0n) is 27.0. The van der Waals surface area contributed by atoms with Crippen molar-refractivity contribution in [3.8, 4) is 0 Å². The van der Waals surface area contributed by atoms with Crippen LogP contribution in [0, 0.1) is 0 Å². The van der Waals surface area contributed by atoms with E-state index in [4.69, 9.17) is 0 Å². The van der Waals surface area contributed by atoms with Gasteiger partial charge in [0.15, 0.2) is 0 Å².